The van der Waals surface area contributed by atoms with Crippen LogP contribution in [-0.4, -0.2) is 25.5 Å². The van der Waals surface area contributed by atoms with Crippen LogP contribution in [0.2, 0.25) is 0 Å². The quantitative estimate of drug-likeness (QED) is 0.861. The summed E-state index contributed by atoms with van der Waals surface area (Å²) in [7, 11) is 1.58. The van der Waals surface area contributed by atoms with Crippen molar-refractivity contribution in [3.05, 3.63) is 59.7 Å². The van der Waals surface area contributed by atoms with E-state index < -0.39 is 0 Å². The lowest BCUT2D eigenvalue weighted by Crippen LogP contribution is -2.23. The van der Waals surface area contributed by atoms with Crippen molar-refractivity contribution in [2.24, 2.45) is 0 Å². The van der Waals surface area contributed by atoms with Crippen molar-refractivity contribution in [2.45, 2.75) is 13.3 Å². The number of amides is 2. The zero-order valence-corrected chi connectivity index (χ0v) is 13.3. The molecule has 0 aromatic heterocycles. The Bertz CT molecular complexity index is 664. The third-order valence-electron chi connectivity index (χ3n) is 3.29. The second kappa shape index (κ2) is 7.98. The number of rotatable bonds is 6. The first kappa shape index (κ1) is 16.5. The molecule has 0 spiro atoms. The van der Waals surface area contributed by atoms with Crippen LogP contribution in [0.5, 0.6) is 5.75 Å². The van der Waals surface area contributed by atoms with E-state index in [4.69, 9.17) is 4.74 Å². The molecule has 2 aromatic carbocycles. The Balaban J connectivity index is 1.99. The summed E-state index contributed by atoms with van der Waals surface area (Å²) in [5, 5.41) is 5.60. The molecule has 0 radical (unpaired) electrons. The third kappa shape index (κ3) is 4.57. The van der Waals surface area contributed by atoms with Gasteiger partial charge in [-0.1, -0.05) is 6.92 Å². The van der Waals surface area contributed by atoms with Crippen LogP contribution in [0, 0.1) is 0 Å². The highest BCUT2D eigenvalue weighted by Crippen LogP contribution is 2.14. The number of benzene rings is 2. The summed E-state index contributed by atoms with van der Waals surface area (Å²) in [6.45, 7) is 2.65. The minimum absolute atomic E-state index is 0.111. The molecule has 5 nitrogen and oxygen atoms in total. The van der Waals surface area contributed by atoms with Crippen molar-refractivity contribution in [3.63, 3.8) is 0 Å². The second-order valence-corrected chi connectivity index (χ2v) is 5.02. The number of ether oxygens (including phenoxy) is 1. The highest BCUT2D eigenvalue weighted by atomic mass is 16.5. The standard InChI is InChI=1S/C18H20N2O3/c1-3-12-19-17(21)13-4-8-15(9-5-13)20-18(22)14-6-10-16(23-2)11-7-14/h4-11H,3,12H2,1-2H3,(H,19,21)(H,20,22). The molecule has 0 heterocycles. The van der Waals surface area contributed by atoms with Crippen LogP contribution in [0.1, 0.15) is 34.1 Å². The second-order valence-electron chi connectivity index (χ2n) is 5.02. The Labute approximate surface area is 135 Å². The van der Waals surface area contributed by atoms with Crippen molar-refractivity contribution in [1.82, 2.24) is 5.32 Å². The molecule has 0 aliphatic carbocycles. The van der Waals surface area contributed by atoms with E-state index in [1.807, 2.05) is 6.92 Å². The molecular formula is C18H20N2O3. The molecule has 0 saturated carbocycles. The van der Waals surface area contributed by atoms with E-state index in [2.05, 4.69) is 10.6 Å². The third-order valence-corrected chi connectivity index (χ3v) is 3.29. The van der Waals surface area contributed by atoms with Gasteiger partial charge in [-0.25, -0.2) is 0 Å². The summed E-state index contributed by atoms with van der Waals surface area (Å²) in [5.74, 6) is 0.375. The minimum Gasteiger partial charge on any atom is -0.497 e. The van der Waals surface area contributed by atoms with Crippen LogP contribution in [0.25, 0.3) is 0 Å². The van der Waals surface area contributed by atoms with Crippen LogP contribution >= 0.6 is 0 Å². The van der Waals surface area contributed by atoms with Gasteiger partial charge in [-0.05, 0) is 55.0 Å². The van der Waals surface area contributed by atoms with Crippen LogP contribution < -0.4 is 15.4 Å². The van der Waals surface area contributed by atoms with E-state index in [0.29, 0.717) is 29.1 Å². The lowest BCUT2D eigenvalue weighted by Gasteiger charge is -2.08. The number of anilines is 1. The molecule has 0 aliphatic heterocycles. The van der Waals surface area contributed by atoms with Gasteiger partial charge in [-0.15, -0.1) is 0 Å². The van der Waals surface area contributed by atoms with Gasteiger partial charge in [0.25, 0.3) is 11.8 Å². The van der Waals surface area contributed by atoms with Crippen molar-refractivity contribution in [1.29, 1.82) is 0 Å². The molecule has 0 aliphatic rings. The maximum Gasteiger partial charge on any atom is 0.255 e. The number of methoxy groups -OCH3 is 1. The number of carbonyl (C=O) groups is 2. The molecule has 0 fully saturated rings. The lowest BCUT2D eigenvalue weighted by molar-refractivity contribution is 0.0953. The molecule has 0 atom stereocenters. The molecule has 0 unspecified atom stereocenters. The highest BCUT2D eigenvalue weighted by Gasteiger charge is 2.08. The van der Waals surface area contributed by atoms with Crippen LogP contribution in [0.3, 0.4) is 0 Å². The number of hydrogen-bond donors (Lipinski definition) is 2. The lowest BCUT2D eigenvalue weighted by atomic mass is 10.1. The van der Waals surface area contributed by atoms with Crippen molar-refractivity contribution in [2.75, 3.05) is 19.0 Å². The van der Waals surface area contributed by atoms with Gasteiger partial charge in [0.15, 0.2) is 0 Å². The zero-order chi connectivity index (χ0) is 16.7. The van der Waals surface area contributed by atoms with Gasteiger partial charge in [0.1, 0.15) is 5.75 Å². The summed E-state index contributed by atoms with van der Waals surface area (Å²) < 4.78 is 5.06. The van der Waals surface area contributed by atoms with E-state index in [1.54, 1.807) is 55.6 Å². The summed E-state index contributed by atoms with van der Waals surface area (Å²) in [6.07, 6.45) is 0.891. The summed E-state index contributed by atoms with van der Waals surface area (Å²) >= 11 is 0. The van der Waals surface area contributed by atoms with Gasteiger partial charge in [0.2, 0.25) is 0 Å². The largest absolute Gasteiger partial charge is 0.497 e. The maximum absolute atomic E-state index is 12.1. The fraction of sp³-hybridized carbons (Fsp3) is 0.222. The SMILES string of the molecule is CCCNC(=O)c1ccc(NC(=O)c2ccc(OC)cc2)cc1. The molecule has 2 rings (SSSR count). The predicted molar refractivity (Wildman–Crippen MR) is 90.0 cm³/mol. The molecule has 120 valence electrons. The van der Waals surface area contributed by atoms with Crippen LogP contribution in [-0.2, 0) is 0 Å². The number of nitrogens with one attached hydrogen (secondary N) is 2. The van der Waals surface area contributed by atoms with Crippen molar-refractivity contribution >= 4 is 17.5 Å². The molecule has 23 heavy (non-hydrogen) atoms. The van der Waals surface area contributed by atoms with Gasteiger partial charge in [-0.3, -0.25) is 9.59 Å². The molecule has 5 heteroatoms. The molecular weight excluding hydrogens is 292 g/mol. The molecule has 0 bridgehead atoms. The topological polar surface area (TPSA) is 67.4 Å². The van der Waals surface area contributed by atoms with E-state index >= 15 is 0 Å². The van der Waals surface area contributed by atoms with Crippen molar-refractivity contribution < 1.29 is 14.3 Å². The molecule has 2 aromatic rings. The molecule has 0 saturated heterocycles. The van der Waals surface area contributed by atoms with E-state index in [-0.39, 0.29) is 11.8 Å². The molecule has 2 N–H and O–H groups in total. The normalized spacial score (nSPS) is 10.0. The zero-order valence-electron chi connectivity index (χ0n) is 13.3. The van der Waals surface area contributed by atoms with Gasteiger partial charge >= 0.3 is 0 Å². The summed E-state index contributed by atoms with van der Waals surface area (Å²) in [4.78, 5) is 24.0. The average Bonchev–Trinajstić information content (AvgIpc) is 2.60. The Morgan fingerprint density at radius 1 is 0.913 bits per heavy atom. The van der Waals surface area contributed by atoms with Crippen LogP contribution in [0.4, 0.5) is 5.69 Å². The monoisotopic (exact) mass is 312 g/mol. The number of carbonyl (C=O) groups excluding carboxylic acids is 2. The van der Waals surface area contributed by atoms with Gasteiger partial charge in [0.05, 0.1) is 7.11 Å². The predicted octanol–water partition coefficient (Wildman–Crippen LogP) is 3.09. The first-order chi connectivity index (χ1) is 11.1. The Morgan fingerprint density at radius 2 is 1.48 bits per heavy atom. The first-order valence-corrected chi connectivity index (χ1v) is 7.47. The smallest absolute Gasteiger partial charge is 0.255 e. The average molecular weight is 312 g/mol. The minimum atomic E-state index is -0.212. The van der Waals surface area contributed by atoms with Gasteiger partial charge in [0, 0.05) is 23.4 Å². The Kier molecular flexibility index (Phi) is 5.74. The maximum atomic E-state index is 12.1. The van der Waals surface area contributed by atoms with E-state index in [9.17, 15) is 9.59 Å². The van der Waals surface area contributed by atoms with Gasteiger partial charge < -0.3 is 15.4 Å². The van der Waals surface area contributed by atoms with Gasteiger partial charge in [-0.2, -0.15) is 0 Å². The summed E-state index contributed by atoms with van der Waals surface area (Å²) in [5.41, 5.74) is 1.74. The fourth-order valence-corrected chi connectivity index (χ4v) is 1.99. The highest BCUT2D eigenvalue weighted by molar-refractivity contribution is 6.04. The first-order valence-electron chi connectivity index (χ1n) is 7.47. The van der Waals surface area contributed by atoms with Crippen molar-refractivity contribution in [3.8, 4) is 5.75 Å². The van der Waals surface area contributed by atoms with Crippen LogP contribution in [0.15, 0.2) is 48.5 Å². The Morgan fingerprint density at radius 3 is 2.04 bits per heavy atom. The fourth-order valence-electron chi connectivity index (χ4n) is 1.99. The Hall–Kier alpha value is -2.82. The summed E-state index contributed by atoms with van der Waals surface area (Å²) in [6, 6.07) is 13.7. The van der Waals surface area contributed by atoms with E-state index in [1.165, 1.54) is 0 Å². The number of hydrogen-bond acceptors (Lipinski definition) is 3. The molecule has 2 amide bonds. The van der Waals surface area contributed by atoms with E-state index in [0.717, 1.165) is 6.42 Å².